The van der Waals surface area contributed by atoms with E-state index in [1.165, 1.54) is 0 Å². The maximum absolute atomic E-state index is 6.33. The lowest BCUT2D eigenvalue weighted by atomic mass is 10.0. The summed E-state index contributed by atoms with van der Waals surface area (Å²) in [6, 6.07) is 8.16. The van der Waals surface area contributed by atoms with E-state index in [2.05, 4.69) is 44.2 Å². The highest BCUT2D eigenvalue weighted by atomic mass is 35.5. The number of rotatable bonds is 8. The van der Waals surface area contributed by atoms with Crippen molar-refractivity contribution in [2.45, 2.75) is 19.9 Å². The van der Waals surface area contributed by atoms with Crippen LogP contribution < -0.4 is 14.8 Å². The Morgan fingerprint density at radius 1 is 1.14 bits per heavy atom. The summed E-state index contributed by atoms with van der Waals surface area (Å²) in [5.74, 6) is 1.80. The lowest BCUT2D eigenvalue weighted by Gasteiger charge is -2.28. The van der Waals surface area contributed by atoms with E-state index in [-0.39, 0.29) is 0 Å². The first-order valence-corrected chi connectivity index (χ1v) is 10.0. The Morgan fingerprint density at radius 2 is 1.86 bits per heavy atom. The van der Waals surface area contributed by atoms with E-state index in [4.69, 9.17) is 26.1 Å². The number of aromatic nitrogens is 2. The number of methoxy groups -OCH3 is 2. The zero-order chi connectivity index (χ0) is 21.1. The van der Waals surface area contributed by atoms with Crippen molar-refractivity contribution < 1.29 is 9.47 Å². The van der Waals surface area contributed by atoms with Gasteiger partial charge in [0.05, 0.1) is 24.9 Å². The Bertz CT molecular complexity index is 976. The van der Waals surface area contributed by atoms with Crippen molar-refractivity contribution in [1.82, 2.24) is 14.3 Å². The van der Waals surface area contributed by atoms with Gasteiger partial charge in [0.15, 0.2) is 0 Å². The second kappa shape index (κ2) is 8.93. The minimum Gasteiger partial charge on any atom is -0.496 e. The number of hydrogen-bond acceptors (Lipinski definition) is 5. The van der Waals surface area contributed by atoms with E-state index in [1.807, 2.05) is 28.9 Å². The summed E-state index contributed by atoms with van der Waals surface area (Å²) in [4.78, 5) is 7.03. The highest BCUT2D eigenvalue weighted by Crippen LogP contribution is 2.38. The molecule has 0 radical (unpaired) electrons. The number of pyridine rings is 1. The molecule has 0 amide bonds. The minimum atomic E-state index is 0.451. The molecular formula is C22H29ClN4O2. The third-order valence-corrected chi connectivity index (χ3v) is 5.45. The van der Waals surface area contributed by atoms with Gasteiger partial charge < -0.3 is 24.1 Å². The Hall–Kier alpha value is -2.44. The maximum Gasteiger partial charge on any atom is 0.141 e. The van der Waals surface area contributed by atoms with Crippen molar-refractivity contribution in [3.8, 4) is 22.8 Å². The van der Waals surface area contributed by atoms with E-state index in [1.54, 1.807) is 20.3 Å². The Kier molecular flexibility index (Phi) is 6.55. The smallest absolute Gasteiger partial charge is 0.141 e. The number of nitrogens with zero attached hydrogens (tertiary/aromatic N) is 3. The predicted octanol–water partition coefficient (Wildman–Crippen LogP) is 4.67. The molecule has 3 rings (SSSR count). The normalized spacial score (nSPS) is 12.6. The van der Waals surface area contributed by atoms with Crippen LogP contribution in [0, 0.1) is 5.92 Å². The fraction of sp³-hybridized carbons (Fsp3) is 0.409. The molecule has 2 aromatic heterocycles. The zero-order valence-corrected chi connectivity index (χ0v) is 18.6. The number of likely N-dealkylation sites (N-methyl/N-ethyl adjacent to an activating group) is 1. The molecule has 0 saturated heterocycles. The molecule has 0 aliphatic carbocycles. The number of benzene rings is 1. The van der Waals surface area contributed by atoms with Gasteiger partial charge in [-0.3, -0.25) is 0 Å². The quantitative estimate of drug-likeness (QED) is 0.578. The number of halogens is 1. The van der Waals surface area contributed by atoms with Crippen LogP contribution in [-0.2, 0) is 0 Å². The highest BCUT2D eigenvalue weighted by molar-refractivity contribution is 6.32. The van der Waals surface area contributed by atoms with Crippen molar-refractivity contribution in [2.75, 3.05) is 40.2 Å². The molecule has 3 aromatic rings. The van der Waals surface area contributed by atoms with Crippen LogP contribution in [0.2, 0.25) is 5.02 Å². The average molecular weight is 417 g/mol. The van der Waals surface area contributed by atoms with Gasteiger partial charge in [0.2, 0.25) is 0 Å². The maximum atomic E-state index is 6.33. The van der Waals surface area contributed by atoms with Crippen LogP contribution in [-0.4, -0.2) is 55.2 Å². The van der Waals surface area contributed by atoms with E-state index in [9.17, 15) is 0 Å². The second-order valence-corrected chi connectivity index (χ2v) is 8.06. The summed E-state index contributed by atoms with van der Waals surface area (Å²) in [5, 5.41) is 4.06. The van der Waals surface area contributed by atoms with Gasteiger partial charge in [-0.25, -0.2) is 4.98 Å². The SMILES string of the molecule is COc1cc(OC)c(-c2cn3ccc(NC[C@H](C(C)C)N(C)C)cc3n2)cc1Cl. The zero-order valence-electron chi connectivity index (χ0n) is 17.9. The number of fused-ring (bicyclic) bond motifs is 1. The van der Waals surface area contributed by atoms with Crippen LogP contribution in [0.25, 0.3) is 16.9 Å². The Morgan fingerprint density at radius 3 is 2.48 bits per heavy atom. The third-order valence-electron chi connectivity index (χ3n) is 5.16. The molecule has 156 valence electrons. The van der Waals surface area contributed by atoms with Crippen LogP contribution in [0.1, 0.15) is 13.8 Å². The molecule has 1 aromatic carbocycles. The molecule has 0 saturated carbocycles. The van der Waals surface area contributed by atoms with E-state index in [0.717, 1.165) is 29.1 Å². The van der Waals surface area contributed by atoms with Crippen molar-refractivity contribution in [3.05, 3.63) is 41.7 Å². The monoisotopic (exact) mass is 416 g/mol. The van der Waals surface area contributed by atoms with Crippen molar-refractivity contribution in [3.63, 3.8) is 0 Å². The van der Waals surface area contributed by atoms with Crippen molar-refractivity contribution >= 4 is 22.9 Å². The van der Waals surface area contributed by atoms with Crippen LogP contribution in [0.5, 0.6) is 11.5 Å². The molecule has 0 bridgehead atoms. The number of imidazole rings is 1. The molecule has 6 nitrogen and oxygen atoms in total. The molecule has 0 unspecified atom stereocenters. The lowest BCUT2D eigenvalue weighted by molar-refractivity contribution is 0.243. The molecule has 1 N–H and O–H groups in total. The summed E-state index contributed by atoms with van der Waals surface area (Å²) >= 11 is 6.33. The van der Waals surface area contributed by atoms with Gasteiger partial charge in [0.25, 0.3) is 0 Å². The highest BCUT2D eigenvalue weighted by Gasteiger charge is 2.17. The van der Waals surface area contributed by atoms with E-state index >= 15 is 0 Å². The van der Waals surface area contributed by atoms with Gasteiger partial charge in [0, 0.05) is 48.4 Å². The fourth-order valence-electron chi connectivity index (χ4n) is 3.52. The van der Waals surface area contributed by atoms with Crippen molar-refractivity contribution in [1.29, 1.82) is 0 Å². The Labute approximate surface area is 177 Å². The number of hydrogen-bond donors (Lipinski definition) is 1. The Balaban J connectivity index is 1.89. The van der Waals surface area contributed by atoms with Crippen molar-refractivity contribution in [2.24, 2.45) is 5.92 Å². The van der Waals surface area contributed by atoms with Gasteiger partial charge in [-0.2, -0.15) is 0 Å². The molecule has 2 heterocycles. The summed E-state index contributed by atoms with van der Waals surface area (Å²) in [7, 11) is 7.44. The van der Waals surface area contributed by atoms with Crippen LogP contribution in [0.3, 0.4) is 0 Å². The topological polar surface area (TPSA) is 51.0 Å². The van der Waals surface area contributed by atoms with Crippen LogP contribution in [0.15, 0.2) is 36.7 Å². The summed E-state index contributed by atoms with van der Waals surface area (Å²) in [5.41, 5.74) is 3.51. The predicted molar refractivity (Wildman–Crippen MR) is 120 cm³/mol. The average Bonchev–Trinajstić information content (AvgIpc) is 3.10. The number of nitrogens with one attached hydrogen (secondary N) is 1. The molecule has 0 spiro atoms. The lowest BCUT2D eigenvalue weighted by Crippen LogP contribution is -2.38. The summed E-state index contributed by atoms with van der Waals surface area (Å²) in [6.07, 6.45) is 3.97. The first-order valence-electron chi connectivity index (χ1n) is 9.65. The molecule has 1 atom stereocenters. The van der Waals surface area contributed by atoms with Crippen LogP contribution in [0.4, 0.5) is 5.69 Å². The van der Waals surface area contributed by atoms with Gasteiger partial charge in [-0.15, -0.1) is 0 Å². The third kappa shape index (κ3) is 4.60. The first kappa shape index (κ1) is 21.3. The molecule has 0 fully saturated rings. The van der Waals surface area contributed by atoms with E-state index in [0.29, 0.717) is 28.5 Å². The van der Waals surface area contributed by atoms with E-state index < -0.39 is 0 Å². The van der Waals surface area contributed by atoms with Gasteiger partial charge in [-0.1, -0.05) is 25.4 Å². The number of anilines is 1. The molecule has 0 aliphatic heterocycles. The molecular weight excluding hydrogens is 388 g/mol. The summed E-state index contributed by atoms with van der Waals surface area (Å²) < 4.78 is 12.8. The molecule has 29 heavy (non-hydrogen) atoms. The standard InChI is InChI=1S/C22H29ClN4O2/c1-14(2)19(26(3)4)12-24-15-7-8-27-13-18(25-22(27)9-15)16-10-17(23)21(29-6)11-20(16)28-5/h7-11,13-14,19,24H,12H2,1-6H3/t19-/m1/s1. The minimum absolute atomic E-state index is 0.451. The van der Waals surface area contributed by atoms with Gasteiger partial charge in [0.1, 0.15) is 17.1 Å². The van der Waals surface area contributed by atoms with Gasteiger partial charge in [-0.05, 0) is 32.1 Å². The van der Waals surface area contributed by atoms with Gasteiger partial charge >= 0.3 is 0 Å². The molecule has 7 heteroatoms. The first-order chi connectivity index (χ1) is 13.8. The summed E-state index contributed by atoms with van der Waals surface area (Å²) in [6.45, 7) is 5.35. The second-order valence-electron chi connectivity index (χ2n) is 7.65. The van der Waals surface area contributed by atoms with Crippen LogP contribution >= 0.6 is 11.6 Å². The fourth-order valence-corrected chi connectivity index (χ4v) is 3.76. The molecule has 0 aliphatic rings. The largest absolute Gasteiger partial charge is 0.496 e. The number of ether oxygens (including phenoxy) is 2.